The van der Waals surface area contributed by atoms with E-state index in [9.17, 15) is 42.3 Å². The van der Waals surface area contributed by atoms with E-state index in [1.54, 1.807) is 0 Å². The SMILES string of the molecule is O=C(CBr)CCCNC(=O)COCCOCCCC(=O)COCCOCCNC(=O)CC[C@H](CC(=O)CCCCCCCCCCCCCCCS(=O)(=O)O)C(=O)O. The average molecular weight is 916 g/mol. The number of aliphatic carboxylic acids is 1. The molecular weight excluding hydrogens is 844 g/mol. The summed E-state index contributed by atoms with van der Waals surface area (Å²) in [6.45, 7) is 2.09. The third-order valence-corrected chi connectivity index (χ3v) is 10.5. The van der Waals surface area contributed by atoms with Crippen LogP contribution in [-0.2, 0) is 57.8 Å². The second-order valence-corrected chi connectivity index (χ2v) is 16.5. The number of carbonyl (C=O) groups excluding carboxylic acids is 5. The number of Topliss-reactive ketones (excluding diaryl/α,β-unsaturated/α-hetero) is 3. The zero-order valence-corrected chi connectivity index (χ0v) is 36.9. The number of carboxylic acids is 1. The fraction of sp³-hybridized carbons (Fsp3) is 0.850. The van der Waals surface area contributed by atoms with Gasteiger partial charge in [0.05, 0.1) is 50.0 Å². The maximum absolute atomic E-state index is 12.4. The largest absolute Gasteiger partial charge is 0.481 e. The summed E-state index contributed by atoms with van der Waals surface area (Å²) in [6, 6.07) is 0. The zero-order valence-electron chi connectivity index (χ0n) is 34.5. The van der Waals surface area contributed by atoms with E-state index in [1.807, 2.05) is 0 Å². The average Bonchev–Trinajstić information content (AvgIpc) is 3.17. The van der Waals surface area contributed by atoms with Gasteiger partial charge in [0.1, 0.15) is 24.8 Å². The summed E-state index contributed by atoms with van der Waals surface area (Å²) in [5.74, 6) is -2.78. The minimum atomic E-state index is -3.84. The van der Waals surface area contributed by atoms with Gasteiger partial charge in [-0.15, -0.1) is 0 Å². The highest BCUT2D eigenvalue weighted by Gasteiger charge is 2.22. The Balaban J connectivity index is 3.66. The topological polar surface area (TPSA) is 238 Å². The molecule has 0 aliphatic heterocycles. The van der Waals surface area contributed by atoms with E-state index >= 15 is 0 Å². The molecule has 0 unspecified atom stereocenters. The molecule has 0 bridgehead atoms. The smallest absolute Gasteiger partial charge is 0.306 e. The number of unbranched alkanes of at least 4 members (excludes halogenated alkanes) is 12. The molecule has 0 aliphatic rings. The van der Waals surface area contributed by atoms with Crippen molar-refractivity contribution < 1.29 is 65.8 Å². The van der Waals surface area contributed by atoms with Crippen molar-refractivity contribution in [3.63, 3.8) is 0 Å². The van der Waals surface area contributed by atoms with Crippen LogP contribution in [0.15, 0.2) is 0 Å². The summed E-state index contributed by atoms with van der Waals surface area (Å²) >= 11 is 3.09. The second kappa shape index (κ2) is 38.8. The predicted octanol–water partition coefficient (Wildman–Crippen LogP) is 5.17. The van der Waals surface area contributed by atoms with Crippen LogP contribution < -0.4 is 10.6 Å². The van der Waals surface area contributed by atoms with E-state index in [1.165, 1.54) is 6.42 Å². The molecule has 0 heterocycles. The highest BCUT2D eigenvalue weighted by Crippen LogP contribution is 2.17. The first-order valence-corrected chi connectivity index (χ1v) is 23.7. The summed E-state index contributed by atoms with van der Waals surface area (Å²) in [4.78, 5) is 71.1. The van der Waals surface area contributed by atoms with Gasteiger partial charge < -0.3 is 34.7 Å². The third kappa shape index (κ3) is 40.4. The van der Waals surface area contributed by atoms with Crippen LogP contribution >= 0.6 is 15.9 Å². The van der Waals surface area contributed by atoms with Crippen LogP contribution in [0.25, 0.3) is 0 Å². The number of amides is 2. The quantitative estimate of drug-likeness (QED) is 0.0351. The number of rotatable bonds is 44. The molecule has 16 nitrogen and oxygen atoms in total. The molecule has 0 aromatic carbocycles. The van der Waals surface area contributed by atoms with Crippen molar-refractivity contribution in [3.8, 4) is 0 Å². The van der Waals surface area contributed by atoms with Gasteiger partial charge in [0, 0.05) is 51.8 Å². The van der Waals surface area contributed by atoms with Crippen molar-refractivity contribution in [2.45, 2.75) is 135 Å². The molecule has 0 saturated heterocycles. The number of halogens is 1. The highest BCUT2D eigenvalue weighted by atomic mass is 79.9. The van der Waals surface area contributed by atoms with Crippen LogP contribution in [0.4, 0.5) is 0 Å². The Bertz CT molecular complexity index is 1240. The molecule has 0 radical (unpaired) electrons. The number of ether oxygens (including phenoxy) is 4. The molecule has 0 saturated carbocycles. The summed E-state index contributed by atoms with van der Waals surface area (Å²) in [5.41, 5.74) is 0. The van der Waals surface area contributed by atoms with Gasteiger partial charge in [-0.25, -0.2) is 0 Å². The minimum Gasteiger partial charge on any atom is -0.481 e. The van der Waals surface area contributed by atoms with Gasteiger partial charge in [-0.05, 0) is 32.1 Å². The lowest BCUT2D eigenvalue weighted by molar-refractivity contribution is -0.144. The zero-order chi connectivity index (χ0) is 43.1. The number of carbonyl (C=O) groups is 6. The lowest BCUT2D eigenvalue weighted by atomic mass is 9.94. The van der Waals surface area contributed by atoms with Crippen molar-refractivity contribution >= 4 is 61.2 Å². The fourth-order valence-electron chi connectivity index (χ4n) is 5.76. The Kier molecular flexibility index (Phi) is 37.3. The van der Waals surface area contributed by atoms with Gasteiger partial charge in [-0.3, -0.25) is 33.3 Å². The predicted molar refractivity (Wildman–Crippen MR) is 223 cm³/mol. The van der Waals surface area contributed by atoms with Crippen LogP contribution in [0.5, 0.6) is 0 Å². The Morgan fingerprint density at radius 1 is 0.517 bits per heavy atom. The van der Waals surface area contributed by atoms with Crippen LogP contribution in [0.3, 0.4) is 0 Å². The molecule has 0 aromatic heterocycles. The Morgan fingerprint density at radius 2 is 1.02 bits per heavy atom. The van der Waals surface area contributed by atoms with Crippen molar-refractivity contribution in [3.05, 3.63) is 0 Å². The fourth-order valence-corrected chi connectivity index (χ4v) is 6.61. The minimum absolute atomic E-state index is 0.00609. The van der Waals surface area contributed by atoms with E-state index in [0.717, 1.165) is 70.6 Å². The van der Waals surface area contributed by atoms with Crippen molar-refractivity contribution in [1.82, 2.24) is 10.6 Å². The number of hydrogen-bond donors (Lipinski definition) is 4. The first-order valence-electron chi connectivity index (χ1n) is 21.0. The molecule has 58 heavy (non-hydrogen) atoms. The monoisotopic (exact) mass is 914 g/mol. The van der Waals surface area contributed by atoms with E-state index in [4.69, 9.17) is 23.5 Å². The molecule has 18 heteroatoms. The van der Waals surface area contributed by atoms with E-state index in [0.29, 0.717) is 63.6 Å². The molecule has 0 fully saturated rings. The van der Waals surface area contributed by atoms with Gasteiger partial charge in [0.2, 0.25) is 11.8 Å². The summed E-state index contributed by atoms with van der Waals surface area (Å²) in [6.07, 6.45) is 15.1. The maximum atomic E-state index is 12.4. The van der Waals surface area contributed by atoms with Crippen molar-refractivity contribution in [1.29, 1.82) is 0 Å². The van der Waals surface area contributed by atoms with Crippen molar-refractivity contribution in [2.75, 3.05) is 77.0 Å². The molecule has 4 N–H and O–H groups in total. The van der Waals surface area contributed by atoms with Gasteiger partial charge in [0.25, 0.3) is 10.1 Å². The number of nitrogens with one attached hydrogen (secondary N) is 2. The highest BCUT2D eigenvalue weighted by molar-refractivity contribution is 9.09. The van der Waals surface area contributed by atoms with Gasteiger partial charge in [-0.1, -0.05) is 86.6 Å². The molecule has 0 aromatic rings. The molecule has 2 amide bonds. The van der Waals surface area contributed by atoms with E-state index in [2.05, 4.69) is 26.6 Å². The van der Waals surface area contributed by atoms with Crippen LogP contribution in [-0.4, -0.2) is 130 Å². The van der Waals surface area contributed by atoms with Crippen LogP contribution in [0, 0.1) is 5.92 Å². The van der Waals surface area contributed by atoms with Gasteiger partial charge in [-0.2, -0.15) is 8.42 Å². The molecule has 0 aliphatic carbocycles. The Morgan fingerprint density at radius 3 is 1.60 bits per heavy atom. The lowest BCUT2D eigenvalue weighted by Gasteiger charge is -2.12. The maximum Gasteiger partial charge on any atom is 0.306 e. The molecule has 0 spiro atoms. The normalized spacial score (nSPS) is 12.0. The third-order valence-electron chi connectivity index (χ3n) is 9.06. The Hall–Kier alpha value is -2.35. The molecular formula is C40H71BrN2O14S. The lowest BCUT2D eigenvalue weighted by Crippen LogP contribution is -2.29. The number of hydrogen-bond acceptors (Lipinski definition) is 12. The first kappa shape index (κ1) is 55.7. The summed E-state index contributed by atoms with van der Waals surface area (Å²) in [5, 5.41) is 15.2. The summed E-state index contributed by atoms with van der Waals surface area (Å²) in [7, 11) is -3.84. The first-order chi connectivity index (χ1) is 27.8. The van der Waals surface area contributed by atoms with Crippen molar-refractivity contribution in [2.24, 2.45) is 5.92 Å². The molecule has 0 rings (SSSR count). The standard InChI is InChI=1S/C40H71BrN2O14S/c41-31-36(45)17-14-21-42-39(48)33-57-28-25-54-23-15-18-37(46)32-56-27-26-55-24-22-43-38(47)20-19-34(40(49)50)30-35(44)16-12-10-8-6-4-2-1-3-5-7-9-11-13-29-58(51,52)53/h34H,1-33H2,(H,42,48)(H,43,47)(H,49,50)(H,51,52,53)/t34-/m1/s1. The van der Waals surface area contributed by atoms with Crippen LogP contribution in [0.1, 0.15) is 135 Å². The molecule has 1 atom stereocenters. The van der Waals surface area contributed by atoms with Crippen LogP contribution in [0.2, 0.25) is 0 Å². The second-order valence-electron chi connectivity index (χ2n) is 14.4. The van der Waals surface area contributed by atoms with Gasteiger partial charge >= 0.3 is 5.97 Å². The van der Waals surface area contributed by atoms with E-state index in [-0.39, 0.29) is 100 Å². The number of carboxylic acid groups (broad SMARTS) is 1. The number of ketones is 3. The van der Waals surface area contributed by atoms with E-state index < -0.39 is 22.0 Å². The van der Waals surface area contributed by atoms with Gasteiger partial charge in [0.15, 0.2) is 5.78 Å². The molecule has 338 valence electrons. The number of alkyl halides is 1. The summed E-state index contributed by atoms with van der Waals surface area (Å²) < 4.78 is 51.5. The Labute approximate surface area is 354 Å².